The quantitative estimate of drug-likeness (QED) is 0.152. The summed E-state index contributed by atoms with van der Waals surface area (Å²) >= 11 is 0. The van der Waals surface area contributed by atoms with E-state index in [0.29, 0.717) is 56.4 Å². The fourth-order valence-electron chi connectivity index (χ4n) is 3.51. The highest BCUT2D eigenvalue weighted by atomic mass is 19.1. The lowest BCUT2D eigenvalue weighted by atomic mass is 9.79. The molecule has 1 aromatic rings. The average molecular weight is 472 g/mol. The van der Waals surface area contributed by atoms with E-state index in [2.05, 4.69) is 10.3 Å². The summed E-state index contributed by atoms with van der Waals surface area (Å²) in [6.45, 7) is 4.87. The molecule has 0 saturated heterocycles. The highest BCUT2D eigenvalue weighted by Gasteiger charge is 2.44. The van der Waals surface area contributed by atoms with Crippen LogP contribution in [0.15, 0.2) is 53.2 Å². The first kappa shape index (κ1) is 26.9. The Morgan fingerprint density at radius 3 is 2.56 bits per heavy atom. The molecular formula is C25H34FN5O3. The second-order valence-electron chi connectivity index (χ2n) is 8.61. The van der Waals surface area contributed by atoms with Crippen molar-refractivity contribution in [2.75, 3.05) is 19.6 Å². The van der Waals surface area contributed by atoms with Crippen LogP contribution in [0.1, 0.15) is 45.1 Å². The Bertz CT molecular complexity index is 950. The van der Waals surface area contributed by atoms with Crippen LogP contribution < -0.4 is 11.1 Å². The van der Waals surface area contributed by atoms with Gasteiger partial charge in [0.25, 0.3) is 5.91 Å². The second kappa shape index (κ2) is 12.8. The Labute approximate surface area is 199 Å². The van der Waals surface area contributed by atoms with E-state index >= 15 is 0 Å². The lowest BCUT2D eigenvalue weighted by Crippen LogP contribution is -2.54. The zero-order valence-electron chi connectivity index (χ0n) is 19.8. The molecular weight excluding hydrogens is 437 g/mol. The third-order valence-corrected chi connectivity index (χ3v) is 5.73. The summed E-state index contributed by atoms with van der Waals surface area (Å²) in [4.78, 5) is 29.0. The first-order valence-corrected chi connectivity index (χ1v) is 11.4. The number of nitrogens with two attached hydrogens (primary N) is 1. The van der Waals surface area contributed by atoms with Gasteiger partial charge in [-0.1, -0.05) is 19.9 Å². The summed E-state index contributed by atoms with van der Waals surface area (Å²) < 4.78 is 13.1. The number of nitrogens with one attached hydrogen (secondary N) is 2. The minimum Gasteiger partial charge on any atom is -0.383 e. The number of carbonyl (C=O) groups excluding carboxylic acids is 2. The molecule has 0 aromatic heterocycles. The van der Waals surface area contributed by atoms with Crippen molar-refractivity contribution in [2.45, 2.75) is 45.1 Å². The predicted octanol–water partition coefficient (Wildman–Crippen LogP) is 2.53. The molecule has 34 heavy (non-hydrogen) atoms. The van der Waals surface area contributed by atoms with Crippen molar-refractivity contribution in [1.82, 2.24) is 10.2 Å². The van der Waals surface area contributed by atoms with Crippen molar-refractivity contribution in [3.63, 3.8) is 0 Å². The number of amides is 2. The molecule has 184 valence electrons. The molecule has 2 amide bonds. The Hall–Kier alpha value is -3.33. The molecule has 1 aliphatic carbocycles. The number of halogens is 1. The molecule has 0 atom stereocenters. The van der Waals surface area contributed by atoms with E-state index in [-0.39, 0.29) is 29.2 Å². The summed E-state index contributed by atoms with van der Waals surface area (Å²) in [7, 11) is 0. The van der Waals surface area contributed by atoms with Gasteiger partial charge in [0.2, 0.25) is 6.41 Å². The third kappa shape index (κ3) is 7.62. The van der Waals surface area contributed by atoms with Crippen LogP contribution in [-0.4, -0.2) is 59.1 Å². The number of nitrogens with zero attached hydrogens (tertiary/aromatic N) is 2. The van der Waals surface area contributed by atoms with Gasteiger partial charge in [0.1, 0.15) is 17.3 Å². The number of benzene rings is 1. The predicted molar refractivity (Wildman–Crippen MR) is 131 cm³/mol. The van der Waals surface area contributed by atoms with Crippen molar-refractivity contribution < 1.29 is 19.1 Å². The largest absolute Gasteiger partial charge is 0.383 e. The summed E-state index contributed by atoms with van der Waals surface area (Å²) in [5.41, 5.74) is 6.33. The zero-order chi connectivity index (χ0) is 25.1. The van der Waals surface area contributed by atoms with Crippen molar-refractivity contribution in [2.24, 2.45) is 16.6 Å². The van der Waals surface area contributed by atoms with E-state index in [0.717, 1.165) is 6.42 Å². The smallest absolute Gasteiger partial charge is 0.254 e. The first-order valence-electron chi connectivity index (χ1n) is 11.4. The number of aliphatic imine (C=N–C) groups is 1. The maximum Gasteiger partial charge on any atom is 0.254 e. The van der Waals surface area contributed by atoms with Gasteiger partial charge in [-0.05, 0) is 73.1 Å². The van der Waals surface area contributed by atoms with Crippen LogP contribution in [0, 0.1) is 17.1 Å². The van der Waals surface area contributed by atoms with Crippen molar-refractivity contribution >= 4 is 23.9 Å². The van der Waals surface area contributed by atoms with Gasteiger partial charge in [-0.15, -0.1) is 0 Å². The minimum absolute atomic E-state index is 0.0135. The Morgan fingerprint density at radius 2 is 2.00 bits per heavy atom. The number of aliphatic hydroxyl groups is 1. The molecule has 0 aliphatic heterocycles. The number of rotatable bonds is 13. The molecule has 0 spiro atoms. The van der Waals surface area contributed by atoms with Crippen LogP contribution >= 0.6 is 0 Å². The maximum atomic E-state index is 13.1. The lowest BCUT2D eigenvalue weighted by Gasteiger charge is -2.39. The molecule has 2 rings (SSSR count). The molecule has 1 fully saturated rings. The van der Waals surface area contributed by atoms with E-state index in [1.165, 1.54) is 24.3 Å². The highest BCUT2D eigenvalue weighted by molar-refractivity contribution is 6.12. The molecule has 1 aliphatic rings. The highest BCUT2D eigenvalue weighted by Crippen LogP contribution is 2.33. The number of allylic oxidation sites excluding steroid dienone is 1. The van der Waals surface area contributed by atoms with Crippen LogP contribution in [0.25, 0.3) is 0 Å². The van der Waals surface area contributed by atoms with Gasteiger partial charge in [0.05, 0.1) is 5.71 Å². The van der Waals surface area contributed by atoms with Crippen molar-refractivity contribution in [3.05, 3.63) is 59.6 Å². The van der Waals surface area contributed by atoms with Crippen LogP contribution in [0.5, 0.6) is 0 Å². The van der Waals surface area contributed by atoms with Crippen LogP contribution in [0.4, 0.5) is 4.39 Å². The van der Waals surface area contributed by atoms with Crippen LogP contribution in [-0.2, 0) is 9.59 Å². The maximum absolute atomic E-state index is 13.1. The molecule has 1 saturated carbocycles. The Kier molecular flexibility index (Phi) is 10.1. The molecule has 0 unspecified atom stereocenters. The monoisotopic (exact) mass is 471 g/mol. The van der Waals surface area contributed by atoms with Gasteiger partial charge in [0.15, 0.2) is 0 Å². The van der Waals surface area contributed by atoms with Gasteiger partial charge in [-0.2, -0.15) is 0 Å². The third-order valence-electron chi connectivity index (χ3n) is 5.73. The van der Waals surface area contributed by atoms with Gasteiger partial charge in [-0.3, -0.25) is 9.59 Å². The van der Waals surface area contributed by atoms with E-state index < -0.39 is 5.60 Å². The van der Waals surface area contributed by atoms with E-state index in [4.69, 9.17) is 11.1 Å². The fourth-order valence-corrected chi connectivity index (χ4v) is 3.51. The standard InChI is InChI=1S/C25H34FN5O3/c1-18(2)21(16-22(27)19-6-8-20(26)9-7-19)23(28)30-12-3-4-14-31(15-13-29-17-32)24(33)25(34)10-5-11-25/h3,6-9,12,16-18,27,34H,4-5,10-11,13-15H2,1-2H3,(H2,28,30)(H,29,32)/b12-3+,21-16-,27-22?. The summed E-state index contributed by atoms with van der Waals surface area (Å²) in [5, 5.41) is 21.2. The normalized spacial score (nSPS) is 15.8. The summed E-state index contributed by atoms with van der Waals surface area (Å²) in [6, 6.07) is 5.69. The van der Waals surface area contributed by atoms with Gasteiger partial charge >= 0.3 is 0 Å². The number of hydrogen-bond acceptors (Lipinski definition) is 5. The lowest BCUT2D eigenvalue weighted by molar-refractivity contribution is -0.160. The van der Waals surface area contributed by atoms with Gasteiger partial charge in [0, 0.05) is 25.8 Å². The molecule has 1 aromatic carbocycles. The first-order chi connectivity index (χ1) is 16.2. The topological polar surface area (TPSA) is 132 Å². The molecule has 0 heterocycles. The Morgan fingerprint density at radius 1 is 1.32 bits per heavy atom. The second-order valence-corrected chi connectivity index (χ2v) is 8.61. The van der Waals surface area contributed by atoms with Gasteiger partial charge < -0.3 is 26.5 Å². The Balaban J connectivity index is 2.01. The molecule has 9 heteroatoms. The molecule has 8 nitrogen and oxygen atoms in total. The van der Waals surface area contributed by atoms with Crippen molar-refractivity contribution in [1.29, 1.82) is 5.41 Å². The number of hydrogen-bond donors (Lipinski definition) is 4. The summed E-state index contributed by atoms with van der Waals surface area (Å²) in [5.74, 6) is -0.394. The van der Waals surface area contributed by atoms with Gasteiger partial charge in [-0.25, -0.2) is 9.38 Å². The van der Waals surface area contributed by atoms with E-state index in [9.17, 15) is 19.1 Å². The fraction of sp³-hybridized carbons (Fsp3) is 0.440. The van der Waals surface area contributed by atoms with Crippen molar-refractivity contribution in [3.8, 4) is 0 Å². The number of carbonyl (C=O) groups is 2. The van der Waals surface area contributed by atoms with E-state index in [1.807, 2.05) is 13.8 Å². The molecule has 0 radical (unpaired) electrons. The van der Waals surface area contributed by atoms with Crippen LogP contribution in [0.2, 0.25) is 0 Å². The summed E-state index contributed by atoms with van der Waals surface area (Å²) in [6.07, 6.45) is 7.76. The molecule has 5 N–H and O–H groups in total. The zero-order valence-corrected chi connectivity index (χ0v) is 19.8. The SMILES string of the molecule is CC(C)C(=C/C(=N)c1ccc(F)cc1)/C(N)=N/C=C/CCN(CCNC=O)C(=O)C1(O)CCC1. The number of amidine groups is 1. The minimum atomic E-state index is -1.29. The van der Waals surface area contributed by atoms with E-state index in [1.54, 1.807) is 23.3 Å². The van der Waals surface area contributed by atoms with Crippen LogP contribution in [0.3, 0.4) is 0 Å². The average Bonchev–Trinajstić information content (AvgIpc) is 2.79. The molecule has 0 bridgehead atoms.